The molecule has 0 N–H and O–H groups in total. The minimum atomic E-state index is -0.170. The normalized spacial score (nSPS) is 28.2. The Kier molecular flexibility index (Phi) is 6.50. The van der Waals surface area contributed by atoms with Crippen molar-refractivity contribution < 1.29 is 4.39 Å². The first-order chi connectivity index (χ1) is 13.7. The molecule has 2 aliphatic carbocycles. The van der Waals surface area contributed by atoms with E-state index in [0.29, 0.717) is 0 Å². The van der Waals surface area contributed by atoms with Crippen molar-refractivity contribution in [2.75, 3.05) is 0 Å². The van der Waals surface area contributed by atoms with E-state index >= 15 is 0 Å². The van der Waals surface area contributed by atoms with Crippen LogP contribution in [0.3, 0.4) is 0 Å². The summed E-state index contributed by atoms with van der Waals surface area (Å²) in [5.41, 5.74) is 3.77. The molecule has 1 heteroatoms. The molecule has 2 fully saturated rings. The maximum atomic E-state index is 13.1. The number of benzene rings is 2. The molecule has 2 aromatic rings. The highest BCUT2D eigenvalue weighted by Crippen LogP contribution is 2.44. The quantitative estimate of drug-likeness (QED) is 0.490. The third-order valence-corrected chi connectivity index (χ3v) is 7.59. The SMILES string of the molecule is CCCC1CCC(C2CCC(c3ccc(-c4ccc(F)cc4)cc3)CC2)CC1. The lowest BCUT2D eigenvalue weighted by atomic mass is 9.68. The average Bonchev–Trinajstić information content (AvgIpc) is 2.75. The summed E-state index contributed by atoms with van der Waals surface area (Å²) in [6.45, 7) is 2.33. The van der Waals surface area contributed by atoms with Crippen LogP contribution in [0.5, 0.6) is 0 Å². The van der Waals surface area contributed by atoms with Crippen LogP contribution in [0.1, 0.15) is 82.6 Å². The van der Waals surface area contributed by atoms with Crippen LogP contribution in [0.4, 0.5) is 4.39 Å². The zero-order valence-electron chi connectivity index (χ0n) is 17.4. The highest BCUT2D eigenvalue weighted by molar-refractivity contribution is 5.63. The van der Waals surface area contributed by atoms with Crippen molar-refractivity contribution in [3.8, 4) is 11.1 Å². The van der Waals surface area contributed by atoms with E-state index in [9.17, 15) is 4.39 Å². The molecular formula is C27H35F. The Morgan fingerprint density at radius 2 is 1.18 bits per heavy atom. The van der Waals surface area contributed by atoms with Gasteiger partial charge in [-0.2, -0.15) is 0 Å². The van der Waals surface area contributed by atoms with Gasteiger partial charge in [-0.3, -0.25) is 0 Å². The maximum absolute atomic E-state index is 13.1. The summed E-state index contributed by atoms with van der Waals surface area (Å²) in [5.74, 6) is 3.58. The molecule has 2 aromatic carbocycles. The fraction of sp³-hybridized carbons (Fsp3) is 0.556. The van der Waals surface area contributed by atoms with Gasteiger partial charge in [-0.05, 0) is 91.0 Å². The highest BCUT2D eigenvalue weighted by atomic mass is 19.1. The van der Waals surface area contributed by atoms with Crippen molar-refractivity contribution in [3.63, 3.8) is 0 Å². The van der Waals surface area contributed by atoms with Gasteiger partial charge in [0.15, 0.2) is 0 Å². The van der Waals surface area contributed by atoms with Gasteiger partial charge in [-0.25, -0.2) is 4.39 Å². The third kappa shape index (κ3) is 4.67. The molecule has 2 saturated carbocycles. The summed E-state index contributed by atoms with van der Waals surface area (Å²) in [6, 6.07) is 15.8. The van der Waals surface area contributed by atoms with Crippen LogP contribution in [0, 0.1) is 23.6 Å². The fourth-order valence-electron chi connectivity index (χ4n) is 5.87. The molecule has 0 saturated heterocycles. The Hall–Kier alpha value is -1.63. The maximum Gasteiger partial charge on any atom is 0.123 e. The largest absolute Gasteiger partial charge is 0.207 e. The molecule has 4 rings (SSSR count). The van der Waals surface area contributed by atoms with Gasteiger partial charge in [-0.1, -0.05) is 69.0 Å². The van der Waals surface area contributed by atoms with E-state index < -0.39 is 0 Å². The molecule has 0 unspecified atom stereocenters. The lowest BCUT2D eigenvalue weighted by Gasteiger charge is -2.38. The smallest absolute Gasteiger partial charge is 0.123 e. The van der Waals surface area contributed by atoms with Gasteiger partial charge in [0.2, 0.25) is 0 Å². The van der Waals surface area contributed by atoms with Crippen molar-refractivity contribution in [2.24, 2.45) is 17.8 Å². The Balaban J connectivity index is 1.30. The monoisotopic (exact) mass is 378 g/mol. The number of hydrogen-bond donors (Lipinski definition) is 0. The van der Waals surface area contributed by atoms with E-state index in [4.69, 9.17) is 0 Å². The van der Waals surface area contributed by atoms with Crippen molar-refractivity contribution in [1.29, 1.82) is 0 Å². The van der Waals surface area contributed by atoms with Crippen molar-refractivity contribution in [2.45, 2.75) is 77.0 Å². The number of halogens is 1. The summed E-state index contributed by atoms with van der Waals surface area (Å²) in [4.78, 5) is 0. The molecule has 0 bridgehead atoms. The standard InChI is InChI=1S/C27H35F/c1-2-3-20-4-6-21(7-5-20)22-8-10-23(11-9-22)24-12-14-25(15-13-24)26-16-18-27(28)19-17-26/h12-23H,2-11H2,1H3. The van der Waals surface area contributed by atoms with Gasteiger partial charge in [0.05, 0.1) is 0 Å². The van der Waals surface area contributed by atoms with Crippen LogP contribution in [-0.2, 0) is 0 Å². The van der Waals surface area contributed by atoms with Crippen molar-refractivity contribution >= 4 is 0 Å². The molecule has 0 aromatic heterocycles. The molecule has 28 heavy (non-hydrogen) atoms. The van der Waals surface area contributed by atoms with Crippen molar-refractivity contribution in [3.05, 3.63) is 59.9 Å². The van der Waals surface area contributed by atoms with Crippen molar-refractivity contribution in [1.82, 2.24) is 0 Å². The average molecular weight is 379 g/mol. The molecule has 0 atom stereocenters. The van der Waals surface area contributed by atoms with E-state index in [1.807, 2.05) is 12.1 Å². The van der Waals surface area contributed by atoms with Gasteiger partial charge < -0.3 is 0 Å². The Labute approximate surface area is 170 Å². The van der Waals surface area contributed by atoms with E-state index in [-0.39, 0.29) is 5.82 Å². The van der Waals surface area contributed by atoms with Crippen LogP contribution in [0.2, 0.25) is 0 Å². The van der Waals surface area contributed by atoms with Crippen LogP contribution in [0.15, 0.2) is 48.5 Å². The van der Waals surface area contributed by atoms with E-state index in [2.05, 4.69) is 31.2 Å². The molecule has 0 spiro atoms. The second-order valence-corrected chi connectivity index (χ2v) is 9.31. The molecule has 2 aliphatic rings. The van der Waals surface area contributed by atoms with Crippen LogP contribution in [0.25, 0.3) is 11.1 Å². The minimum absolute atomic E-state index is 0.170. The zero-order chi connectivity index (χ0) is 19.3. The Bertz CT molecular complexity index is 714. The highest BCUT2D eigenvalue weighted by Gasteiger charge is 2.31. The summed E-state index contributed by atoms with van der Waals surface area (Å²) in [7, 11) is 0. The summed E-state index contributed by atoms with van der Waals surface area (Å²) in [6.07, 6.45) is 14.3. The molecule has 150 valence electrons. The first kappa shape index (κ1) is 19.7. The molecule has 0 nitrogen and oxygen atoms in total. The molecule has 0 heterocycles. The molecule has 0 radical (unpaired) electrons. The summed E-state index contributed by atoms with van der Waals surface area (Å²) in [5, 5.41) is 0. The predicted molar refractivity (Wildman–Crippen MR) is 117 cm³/mol. The third-order valence-electron chi connectivity index (χ3n) is 7.59. The molecule has 0 amide bonds. The lowest BCUT2D eigenvalue weighted by molar-refractivity contribution is 0.156. The Morgan fingerprint density at radius 1 is 0.679 bits per heavy atom. The van der Waals surface area contributed by atoms with E-state index in [1.54, 1.807) is 12.1 Å². The van der Waals surface area contributed by atoms with E-state index in [0.717, 1.165) is 29.2 Å². The fourth-order valence-corrected chi connectivity index (χ4v) is 5.87. The number of rotatable bonds is 5. The van der Waals surface area contributed by atoms with E-state index in [1.165, 1.54) is 75.3 Å². The minimum Gasteiger partial charge on any atom is -0.207 e. The summed E-state index contributed by atoms with van der Waals surface area (Å²) >= 11 is 0. The van der Waals surface area contributed by atoms with Crippen LogP contribution >= 0.6 is 0 Å². The first-order valence-electron chi connectivity index (χ1n) is 11.6. The lowest BCUT2D eigenvalue weighted by Crippen LogP contribution is -2.25. The second kappa shape index (κ2) is 9.25. The summed E-state index contributed by atoms with van der Waals surface area (Å²) < 4.78 is 13.1. The van der Waals surface area contributed by atoms with Gasteiger partial charge in [0.1, 0.15) is 5.82 Å². The van der Waals surface area contributed by atoms with Gasteiger partial charge >= 0.3 is 0 Å². The topological polar surface area (TPSA) is 0 Å². The van der Waals surface area contributed by atoms with Gasteiger partial charge in [0.25, 0.3) is 0 Å². The van der Waals surface area contributed by atoms with Crippen LogP contribution in [-0.4, -0.2) is 0 Å². The van der Waals surface area contributed by atoms with Gasteiger partial charge in [-0.15, -0.1) is 0 Å². The van der Waals surface area contributed by atoms with Crippen LogP contribution < -0.4 is 0 Å². The molecular weight excluding hydrogens is 343 g/mol. The predicted octanol–water partition coefficient (Wildman–Crippen LogP) is 8.37. The van der Waals surface area contributed by atoms with Gasteiger partial charge in [0, 0.05) is 0 Å². The number of hydrogen-bond acceptors (Lipinski definition) is 0. The zero-order valence-corrected chi connectivity index (χ0v) is 17.4. The first-order valence-corrected chi connectivity index (χ1v) is 11.6. The molecule has 0 aliphatic heterocycles. The Morgan fingerprint density at radius 3 is 1.71 bits per heavy atom. The second-order valence-electron chi connectivity index (χ2n) is 9.31.